The van der Waals surface area contributed by atoms with E-state index in [-0.39, 0.29) is 11.9 Å². The third-order valence-corrected chi connectivity index (χ3v) is 3.17. The number of amides is 1. The lowest BCUT2D eigenvalue weighted by molar-refractivity contribution is 0.0984. The molecule has 1 aromatic carbocycles. The number of anilines is 2. The number of carbonyl (C=O) groups excluding carboxylic acids is 1. The Morgan fingerprint density at radius 1 is 1.16 bits per heavy atom. The Hall–Kier alpha value is -2.36. The Bertz CT molecular complexity index is 576. The van der Waals surface area contributed by atoms with E-state index < -0.39 is 0 Å². The molecule has 2 N–H and O–H groups in total. The molecule has 4 heteroatoms. The highest BCUT2D eigenvalue weighted by atomic mass is 16.2. The Labute approximate surface area is 111 Å². The van der Waals surface area contributed by atoms with E-state index in [4.69, 9.17) is 5.73 Å². The Balaban J connectivity index is 1.93. The Morgan fingerprint density at radius 3 is 2.47 bits per heavy atom. The maximum Gasteiger partial charge on any atom is 0.259 e. The normalized spacial score (nSPS) is 14.1. The molecular formula is C15H15N3O. The third kappa shape index (κ3) is 2.42. The standard InChI is InChI=1S/C15H15N3O/c16-12-6-9-14(17-10-12)18(13-7-8-13)15(19)11-4-2-1-3-5-11/h1-6,9-10,13H,7-8,16H2. The van der Waals surface area contributed by atoms with Crippen LogP contribution in [0.3, 0.4) is 0 Å². The summed E-state index contributed by atoms with van der Waals surface area (Å²) >= 11 is 0. The molecule has 0 unspecified atom stereocenters. The molecule has 0 atom stereocenters. The van der Waals surface area contributed by atoms with Gasteiger partial charge in [0, 0.05) is 11.6 Å². The van der Waals surface area contributed by atoms with Gasteiger partial charge in [-0.2, -0.15) is 0 Å². The number of hydrogen-bond donors (Lipinski definition) is 1. The zero-order valence-electron chi connectivity index (χ0n) is 10.5. The molecule has 1 aromatic heterocycles. The smallest absolute Gasteiger partial charge is 0.259 e. The van der Waals surface area contributed by atoms with Gasteiger partial charge in [0.1, 0.15) is 5.82 Å². The average molecular weight is 253 g/mol. The van der Waals surface area contributed by atoms with Gasteiger partial charge >= 0.3 is 0 Å². The molecule has 1 amide bonds. The maximum absolute atomic E-state index is 12.6. The van der Waals surface area contributed by atoms with Crippen LogP contribution in [0.25, 0.3) is 0 Å². The molecule has 1 aliphatic rings. The summed E-state index contributed by atoms with van der Waals surface area (Å²) < 4.78 is 0. The van der Waals surface area contributed by atoms with Crippen LogP contribution < -0.4 is 10.6 Å². The number of aromatic nitrogens is 1. The number of carbonyl (C=O) groups is 1. The van der Waals surface area contributed by atoms with Crippen molar-refractivity contribution in [1.82, 2.24) is 4.98 Å². The summed E-state index contributed by atoms with van der Waals surface area (Å²) in [5, 5.41) is 0. The van der Waals surface area contributed by atoms with E-state index in [9.17, 15) is 4.79 Å². The number of nitrogens with zero attached hydrogens (tertiary/aromatic N) is 2. The largest absolute Gasteiger partial charge is 0.397 e. The van der Waals surface area contributed by atoms with Crippen molar-refractivity contribution >= 4 is 17.4 Å². The number of benzene rings is 1. The fraction of sp³-hybridized carbons (Fsp3) is 0.200. The lowest BCUT2D eigenvalue weighted by atomic mass is 10.2. The first-order chi connectivity index (χ1) is 9.25. The molecule has 4 nitrogen and oxygen atoms in total. The molecule has 19 heavy (non-hydrogen) atoms. The predicted molar refractivity (Wildman–Crippen MR) is 74.9 cm³/mol. The second-order valence-electron chi connectivity index (χ2n) is 4.72. The van der Waals surface area contributed by atoms with Crippen LogP contribution in [0.5, 0.6) is 0 Å². The SMILES string of the molecule is Nc1ccc(N(C(=O)c2ccccc2)C2CC2)nc1. The average Bonchev–Trinajstić information content (AvgIpc) is 3.27. The highest BCUT2D eigenvalue weighted by Crippen LogP contribution is 2.32. The first-order valence-electron chi connectivity index (χ1n) is 6.36. The molecular weight excluding hydrogens is 238 g/mol. The fourth-order valence-electron chi connectivity index (χ4n) is 2.05. The molecule has 1 saturated carbocycles. The summed E-state index contributed by atoms with van der Waals surface area (Å²) in [6.45, 7) is 0. The van der Waals surface area contributed by atoms with E-state index in [2.05, 4.69) is 4.98 Å². The lowest BCUT2D eigenvalue weighted by Gasteiger charge is -2.21. The van der Waals surface area contributed by atoms with Crippen molar-refractivity contribution in [2.24, 2.45) is 0 Å². The van der Waals surface area contributed by atoms with Gasteiger partial charge in [0.25, 0.3) is 5.91 Å². The second-order valence-corrected chi connectivity index (χ2v) is 4.72. The minimum absolute atomic E-state index is 0.000344. The van der Waals surface area contributed by atoms with E-state index in [0.29, 0.717) is 17.1 Å². The molecule has 0 saturated heterocycles. The molecule has 96 valence electrons. The fourth-order valence-corrected chi connectivity index (χ4v) is 2.05. The number of pyridine rings is 1. The van der Waals surface area contributed by atoms with Crippen molar-refractivity contribution in [1.29, 1.82) is 0 Å². The van der Waals surface area contributed by atoms with E-state index in [1.807, 2.05) is 30.3 Å². The predicted octanol–water partition coefficient (Wildman–Crippen LogP) is 2.47. The molecule has 1 aliphatic carbocycles. The van der Waals surface area contributed by atoms with E-state index >= 15 is 0 Å². The van der Waals surface area contributed by atoms with Gasteiger partial charge in [0.05, 0.1) is 11.9 Å². The summed E-state index contributed by atoms with van der Waals surface area (Å²) in [6.07, 6.45) is 3.65. The van der Waals surface area contributed by atoms with Gasteiger partial charge in [-0.3, -0.25) is 9.69 Å². The molecule has 0 radical (unpaired) electrons. The first kappa shape index (κ1) is 11.7. The van der Waals surface area contributed by atoms with Crippen molar-refractivity contribution in [3.63, 3.8) is 0 Å². The van der Waals surface area contributed by atoms with Crippen LogP contribution in [-0.2, 0) is 0 Å². The van der Waals surface area contributed by atoms with Crippen molar-refractivity contribution in [3.8, 4) is 0 Å². The van der Waals surface area contributed by atoms with Crippen molar-refractivity contribution < 1.29 is 4.79 Å². The zero-order chi connectivity index (χ0) is 13.2. The monoisotopic (exact) mass is 253 g/mol. The van der Waals surface area contributed by atoms with Gasteiger partial charge in [-0.1, -0.05) is 18.2 Å². The summed E-state index contributed by atoms with van der Waals surface area (Å²) in [6, 6.07) is 13.1. The molecule has 0 bridgehead atoms. The number of hydrogen-bond acceptors (Lipinski definition) is 3. The van der Waals surface area contributed by atoms with Crippen molar-refractivity contribution in [2.75, 3.05) is 10.6 Å². The topological polar surface area (TPSA) is 59.2 Å². The molecule has 2 aromatic rings. The highest BCUT2D eigenvalue weighted by Gasteiger charge is 2.34. The number of rotatable bonds is 3. The minimum Gasteiger partial charge on any atom is -0.397 e. The minimum atomic E-state index is 0.000344. The summed E-state index contributed by atoms with van der Waals surface area (Å²) in [7, 11) is 0. The van der Waals surface area contributed by atoms with Crippen molar-refractivity contribution in [3.05, 3.63) is 54.2 Å². The van der Waals surface area contributed by atoms with Gasteiger partial charge in [-0.15, -0.1) is 0 Å². The summed E-state index contributed by atoms with van der Waals surface area (Å²) in [5.41, 5.74) is 6.93. The van der Waals surface area contributed by atoms with E-state index in [1.165, 1.54) is 0 Å². The zero-order valence-corrected chi connectivity index (χ0v) is 10.5. The number of nitrogen functional groups attached to an aromatic ring is 1. The van der Waals surface area contributed by atoms with Gasteiger partial charge in [-0.05, 0) is 37.1 Å². The quantitative estimate of drug-likeness (QED) is 0.914. The molecule has 0 spiro atoms. The Morgan fingerprint density at radius 2 is 1.89 bits per heavy atom. The van der Waals surface area contributed by atoms with Gasteiger partial charge in [0.2, 0.25) is 0 Å². The first-order valence-corrected chi connectivity index (χ1v) is 6.36. The van der Waals surface area contributed by atoms with Crippen LogP contribution in [-0.4, -0.2) is 16.9 Å². The maximum atomic E-state index is 12.6. The lowest BCUT2D eigenvalue weighted by Crippen LogP contribution is -2.33. The highest BCUT2D eigenvalue weighted by molar-refractivity contribution is 6.06. The van der Waals surface area contributed by atoms with E-state index in [1.54, 1.807) is 23.2 Å². The van der Waals surface area contributed by atoms with Crippen LogP contribution in [0, 0.1) is 0 Å². The van der Waals surface area contributed by atoms with Gasteiger partial charge < -0.3 is 5.73 Å². The van der Waals surface area contributed by atoms with Crippen LogP contribution in [0.15, 0.2) is 48.7 Å². The van der Waals surface area contributed by atoms with Crippen LogP contribution >= 0.6 is 0 Å². The van der Waals surface area contributed by atoms with Crippen LogP contribution in [0.2, 0.25) is 0 Å². The molecule has 3 rings (SSSR count). The third-order valence-electron chi connectivity index (χ3n) is 3.17. The molecule has 0 aliphatic heterocycles. The number of nitrogens with two attached hydrogens (primary N) is 1. The summed E-state index contributed by atoms with van der Waals surface area (Å²) in [5.74, 6) is 0.672. The second kappa shape index (κ2) is 4.72. The van der Waals surface area contributed by atoms with Crippen LogP contribution in [0.1, 0.15) is 23.2 Å². The molecule has 1 heterocycles. The molecule has 1 fully saturated rings. The van der Waals surface area contributed by atoms with Crippen LogP contribution in [0.4, 0.5) is 11.5 Å². The van der Waals surface area contributed by atoms with Crippen molar-refractivity contribution in [2.45, 2.75) is 18.9 Å². The van der Waals surface area contributed by atoms with Gasteiger partial charge in [0.15, 0.2) is 0 Å². The Kier molecular flexibility index (Phi) is 2.91. The van der Waals surface area contributed by atoms with E-state index in [0.717, 1.165) is 12.8 Å². The van der Waals surface area contributed by atoms with Gasteiger partial charge in [-0.25, -0.2) is 4.98 Å². The summed E-state index contributed by atoms with van der Waals surface area (Å²) in [4.78, 5) is 18.6.